The first-order chi connectivity index (χ1) is 9.29. The highest BCUT2D eigenvalue weighted by Crippen LogP contribution is 2.13. The van der Waals surface area contributed by atoms with Crippen molar-refractivity contribution in [1.82, 2.24) is 9.88 Å². The van der Waals surface area contributed by atoms with Crippen molar-refractivity contribution in [2.75, 3.05) is 50.0 Å². The van der Waals surface area contributed by atoms with Crippen LogP contribution in [-0.2, 0) is 0 Å². The van der Waals surface area contributed by atoms with Gasteiger partial charge in [0.2, 0.25) is 0 Å². The highest BCUT2D eigenvalue weighted by atomic mass is 15.2. The highest BCUT2D eigenvalue weighted by molar-refractivity contribution is 5.46. The Morgan fingerprint density at radius 3 is 2.84 bits per heavy atom. The maximum absolute atomic E-state index is 4.65. The van der Waals surface area contributed by atoms with E-state index < -0.39 is 0 Å². The zero-order valence-electron chi connectivity index (χ0n) is 12.2. The van der Waals surface area contributed by atoms with Gasteiger partial charge in [-0.1, -0.05) is 13.0 Å². The Morgan fingerprint density at radius 2 is 2.11 bits per heavy atom. The van der Waals surface area contributed by atoms with Gasteiger partial charge in [0.15, 0.2) is 0 Å². The molecule has 1 saturated heterocycles. The van der Waals surface area contributed by atoms with Crippen LogP contribution < -0.4 is 10.2 Å². The van der Waals surface area contributed by atoms with E-state index in [1.807, 2.05) is 6.07 Å². The molecule has 0 saturated carbocycles. The number of pyridine rings is 1. The molecule has 0 radical (unpaired) electrons. The maximum Gasteiger partial charge on any atom is 0.130 e. The lowest BCUT2D eigenvalue weighted by Crippen LogP contribution is -2.31. The second kappa shape index (κ2) is 7.34. The van der Waals surface area contributed by atoms with Crippen molar-refractivity contribution < 1.29 is 0 Å². The van der Waals surface area contributed by atoms with Gasteiger partial charge < -0.3 is 15.1 Å². The van der Waals surface area contributed by atoms with Crippen molar-refractivity contribution in [3.8, 4) is 0 Å². The summed E-state index contributed by atoms with van der Waals surface area (Å²) in [5.74, 6) is 2.03. The van der Waals surface area contributed by atoms with Gasteiger partial charge in [0.25, 0.3) is 0 Å². The standard InChI is InChI=1S/C15H26N4/c1-3-9-16-14-7-6-8-15(17-14)18(2)12-13-19-10-4-5-11-19/h6-8H,3-5,9-13H2,1-2H3,(H,16,17). The number of rotatable bonds is 7. The second-order valence-corrected chi connectivity index (χ2v) is 5.28. The second-order valence-electron chi connectivity index (χ2n) is 5.28. The number of anilines is 2. The summed E-state index contributed by atoms with van der Waals surface area (Å²) in [6.45, 7) is 7.86. The Labute approximate surface area is 116 Å². The van der Waals surface area contributed by atoms with Crippen LogP contribution in [0.4, 0.5) is 11.6 Å². The van der Waals surface area contributed by atoms with E-state index >= 15 is 0 Å². The van der Waals surface area contributed by atoms with E-state index in [9.17, 15) is 0 Å². The molecule has 0 unspecified atom stereocenters. The van der Waals surface area contributed by atoms with Crippen molar-refractivity contribution in [3.05, 3.63) is 18.2 Å². The summed E-state index contributed by atoms with van der Waals surface area (Å²) >= 11 is 0. The van der Waals surface area contributed by atoms with Crippen LogP contribution in [0.15, 0.2) is 18.2 Å². The molecule has 19 heavy (non-hydrogen) atoms. The van der Waals surface area contributed by atoms with Crippen LogP contribution in [0.25, 0.3) is 0 Å². The van der Waals surface area contributed by atoms with E-state index in [0.29, 0.717) is 0 Å². The first kappa shape index (κ1) is 14.1. The molecule has 1 aliphatic rings. The van der Waals surface area contributed by atoms with Crippen LogP contribution in [0.5, 0.6) is 0 Å². The van der Waals surface area contributed by atoms with Crippen LogP contribution in [-0.4, -0.2) is 49.7 Å². The fraction of sp³-hybridized carbons (Fsp3) is 0.667. The molecule has 4 nitrogen and oxygen atoms in total. The molecule has 0 spiro atoms. The lowest BCUT2D eigenvalue weighted by atomic mass is 10.4. The molecule has 1 N–H and O–H groups in total. The molecule has 1 aliphatic heterocycles. The number of hydrogen-bond donors (Lipinski definition) is 1. The van der Waals surface area contributed by atoms with E-state index in [1.165, 1.54) is 25.9 Å². The molecule has 0 atom stereocenters. The lowest BCUT2D eigenvalue weighted by molar-refractivity contribution is 0.346. The smallest absolute Gasteiger partial charge is 0.130 e. The van der Waals surface area contributed by atoms with Gasteiger partial charge in [-0.2, -0.15) is 0 Å². The molecule has 0 aliphatic carbocycles. The van der Waals surface area contributed by atoms with E-state index in [1.54, 1.807) is 0 Å². The van der Waals surface area contributed by atoms with E-state index in [4.69, 9.17) is 0 Å². The van der Waals surface area contributed by atoms with E-state index in [-0.39, 0.29) is 0 Å². The van der Waals surface area contributed by atoms with Crippen LogP contribution >= 0.6 is 0 Å². The van der Waals surface area contributed by atoms with E-state index in [2.05, 4.69) is 46.2 Å². The number of likely N-dealkylation sites (tertiary alicyclic amines) is 1. The monoisotopic (exact) mass is 262 g/mol. The highest BCUT2D eigenvalue weighted by Gasteiger charge is 2.12. The largest absolute Gasteiger partial charge is 0.370 e. The third-order valence-corrected chi connectivity index (χ3v) is 3.63. The van der Waals surface area contributed by atoms with Crippen molar-refractivity contribution in [2.45, 2.75) is 26.2 Å². The lowest BCUT2D eigenvalue weighted by Gasteiger charge is -2.22. The van der Waals surface area contributed by atoms with Crippen molar-refractivity contribution in [2.24, 2.45) is 0 Å². The first-order valence-corrected chi connectivity index (χ1v) is 7.44. The topological polar surface area (TPSA) is 31.4 Å². The number of nitrogens with zero attached hydrogens (tertiary/aromatic N) is 3. The van der Waals surface area contributed by atoms with Gasteiger partial charge in [-0.25, -0.2) is 4.98 Å². The normalized spacial score (nSPS) is 15.7. The third kappa shape index (κ3) is 4.39. The summed E-state index contributed by atoms with van der Waals surface area (Å²) in [7, 11) is 2.13. The van der Waals surface area contributed by atoms with Crippen LogP contribution in [0.1, 0.15) is 26.2 Å². The molecule has 106 valence electrons. The summed E-state index contributed by atoms with van der Waals surface area (Å²) in [5.41, 5.74) is 0. The van der Waals surface area contributed by atoms with Gasteiger partial charge in [-0.15, -0.1) is 0 Å². The molecule has 1 fully saturated rings. The minimum atomic E-state index is 0.979. The van der Waals surface area contributed by atoms with Crippen LogP contribution in [0.3, 0.4) is 0 Å². The van der Waals surface area contributed by atoms with Gasteiger partial charge in [0.05, 0.1) is 0 Å². The predicted molar refractivity (Wildman–Crippen MR) is 82.0 cm³/mol. The summed E-state index contributed by atoms with van der Waals surface area (Å²) in [6.07, 6.45) is 3.84. The Hall–Kier alpha value is -1.29. The molecule has 0 amide bonds. The van der Waals surface area contributed by atoms with Crippen LogP contribution in [0.2, 0.25) is 0 Å². The minimum Gasteiger partial charge on any atom is -0.370 e. The van der Waals surface area contributed by atoms with Gasteiger partial charge in [0, 0.05) is 26.7 Å². The zero-order valence-corrected chi connectivity index (χ0v) is 12.2. The van der Waals surface area contributed by atoms with Crippen molar-refractivity contribution >= 4 is 11.6 Å². The number of aromatic nitrogens is 1. The Morgan fingerprint density at radius 1 is 1.32 bits per heavy atom. The van der Waals surface area contributed by atoms with Crippen LogP contribution in [0, 0.1) is 0 Å². The Bertz CT molecular complexity index is 374. The SMILES string of the molecule is CCCNc1cccc(N(C)CCN2CCCC2)n1. The third-order valence-electron chi connectivity index (χ3n) is 3.63. The summed E-state index contributed by atoms with van der Waals surface area (Å²) < 4.78 is 0. The molecule has 0 bridgehead atoms. The summed E-state index contributed by atoms with van der Waals surface area (Å²) in [4.78, 5) is 9.43. The fourth-order valence-electron chi connectivity index (χ4n) is 2.40. The van der Waals surface area contributed by atoms with Gasteiger partial charge in [-0.3, -0.25) is 0 Å². The number of likely N-dealkylation sites (N-methyl/N-ethyl adjacent to an activating group) is 1. The molecule has 0 aromatic carbocycles. The molecule has 2 rings (SSSR count). The molecule has 1 aromatic rings. The van der Waals surface area contributed by atoms with Gasteiger partial charge in [-0.05, 0) is 44.5 Å². The van der Waals surface area contributed by atoms with Gasteiger partial charge >= 0.3 is 0 Å². The molecular weight excluding hydrogens is 236 g/mol. The van der Waals surface area contributed by atoms with Crippen molar-refractivity contribution in [1.29, 1.82) is 0 Å². The molecule has 1 aromatic heterocycles. The summed E-state index contributed by atoms with van der Waals surface area (Å²) in [6, 6.07) is 6.20. The first-order valence-electron chi connectivity index (χ1n) is 7.44. The average Bonchev–Trinajstić information content (AvgIpc) is 2.96. The fourth-order valence-corrected chi connectivity index (χ4v) is 2.40. The Kier molecular flexibility index (Phi) is 5.45. The minimum absolute atomic E-state index is 0.979. The Balaban J connectivity index is 1.84. The quantitative estimate of drug-likeness (QED) is 0.818. The molecule has 4 heteroatoms. The number of nitrogens with one attached hydrogen (secondary N) is 1. The predicted octanol–water partition coefficient (Wildman–Crippen LogP) is 2.44. The van der Waals surface area contributed by atoms with Crippen molar-refractivity contribution in [3.63, 3.8) is 0 Å². The molecule has 2 heterocycles. The zero-order chi connectivity index (χ0) is 13.5. The maximum atomic E-state index is 4.65. The number of hydrogen-bond acceptors (Lipinski definition) is 4. The molecular formula is C15H26N4. The van der Waals surface area contributed by atoms with E-state index in [0.717, 1.165) is 37.7 Å². The summed E-state index contributed by atoms with van der Waals surface area (Å²) in [5, 5.41) is 3.34. The average molecular weight is 262 g/mol. The van der Waals surface area contributed by atoms with Gasteiger partial charge in [0.1, 0.15) is 11.6 Å².